The van der Waals surface area contributed by atoms with E-state index < -0.39 is 0 Å². The van der Waals surface area contributed by atoms with Crippen molar-refractivity contribution in [2.45, 2.75) is 45.7 Å². The average molecular weight is 196 g/mol. The zero-order valence-corrected chi connectivity index (χ0v) is 9.34. The van der Waals surface area contributed by atoms with Gasteiger partial charge in [-0.3, -0.25) is 9.69 Å². The van der Waals surface area contributed by atoms with Crippen LogP contribution in [0.3, 0.4) is 0 Å². The molecule has 1 spiro atoms. The van der Waals surface area contributed by atoms with Crippen LogP contribution in [0, 0.1) is 5.41 Å². The minimum atomic E-state index is 0.116. The lowest BCUT2D eigenvalue weighted by molar-refractivity contribution is -0.126. The molecule has 2 fully saturated rings. The molecule has 3 heteroatoms. The molecule has 1 N–H and O–H groups in total. The van der Waals surface area contributed by atoms with Gasteiger partial charge in [-0.1, -0.05) is 0 Å². The Hall–Kier alpha value is -0.570. The van der Waals surface area contributed by atoms with Crippen molar-refractivity contribution in [3.05, 3.63) is 0 Å². The first-order valence-electron chi connectivity index (χ1n) is 5.52. The highest BCUT2D eigenvalue weighted by atomic mass is 16.1. The monoisotopic (exact) mass is 196 g/mol. The van der Waals surface area contributed by atoms with Gasteiger partial charge in [0.05, 0.1) is 0 Å². The summed E-state index contributed by atoms with van der Waals surface area (Å²) >= 11 is 0. The number of carbonyl (C=O) groups is 1. The van der Waals surface area contributed by atoms with Crippen LogP contribution in [-0.4, -0.2) is 36.0 Å². The van der Waals surface area contributed by atoms with Crippen molar-refractivity contribution in [1.82, 2.24) is 10.2 Å². The molecule has 2 aliphatic rings. The third kappa shape index (κ3) is 1.65. The van der Waals surface area contributed by atoms with Crippen molar-refractivity contribution >= 4 is 5.91 Å². The summed E-state index contributed by atoms with van der Waals surface area (Å²) in [4.78, 5) is 13.3. The van der Waals surface area contributed by atoms with Gasteiger partial charge in [0.1, 0.15) is 0 Å². The minimum absolute atomic E-state index is 0.116. The van der Waals surface area contributed by atoms with Crippen LogP contribution < -0.4 is 5.32 Å². The summed E-state index contributed by atoms with van der Waals surface area (Å²) in [5.41, 5.74) is 0.567. The Labute approximate surface area is 85.8 Å². The second-order valence-corrected chi connectivity index (χ2v) is 5.30. The number of hydrogen-bond donors (Lipinski definition) is 1. The number of nitrogens with one attached hydrogen (secondary N) is 1. The maximum Gasteiger partial charge on any atom is 0.217 e. The summed E-state index contributed by atoms with van der Waals surface area (Å²) in [6.45, 7) is 8.57. The Kier molecular flexibility index (Phi) is 2.30. The van der Waals surface area contributed by atoms with Crippen LogP contribution in [0.2, 0.25) is 0 Å². The highest BCUT2D eigenvalue weighted by Crippen LogP contribution is 2.48. The zero-order valence-electron chi connectivity index (χ0n) is 9.34. The molecule has 80 valence electrons. The lowest BCUT2D eigenvalue weighted by Crippen LogP contribution is -2.67. The molecule has 0 atom stereocenters. The van der Waals surface area contributed by atoms with Crippen LogP contribution in [0.1, 0.15) is 33.6 Å². The number of likely N-dealkylation sites (tertiary alicyclic amines) is 1. The predicted molar refractivity (Wildman–Crippen MR) is 56.0 cm³/mol. The number of carbonyl (C=O) groups excluding carboxylic acids is 1. The fourth-order valence-electron chi connectivity index (χ4n) is 2.81. The third-order valence-corrected chi connectivity index (χ3v) is 3.57. The van der Waals surface area contributed by atoms with Crippen molar-refractivity contribution in [2.75, 3.05) is 13.1 Å². The third-order valence-electron chi connectivity index (χ3n) is 3.57. The van der Waals surface area contributed by atoms with Crippen LogP contribution in [0.25, 0.3) is 0 Å². The molecule has 0 radical (unpaired) electrons. The topological polar surface area (TPSA) is 32.3 Å². The summed E-state index contributed by atoms with van der Waals surface area (Å²) in [5.74, 6) is 0.116. The van der Waals surface area contributed by atoms with Crippen LogP contribution in [0.15, 0.2) is 0 Å². The van der Waals surface area contributed by atoms with E-state index in [2.05, 4.69) is 24.1 Å². The SMILES string of the molecule is CC(=O)NC1CC2(C1)CN(C(C)C)C2. The molecule has 0 aromatic rings. The van der Waals surface area contributed by atoms with Crippen molar-refractivity contribution < 1.29 is 4.79 Å². The molecule has 0 aromatic heterocycles. The smallest absolute Gasteiger partial charge is 0.217 e. The first-order chi connectivity index (χ1) is 6.51. The Bertz CT molecular complexity index is 236. The molecule has 0 unspecified atom stereocenters. The molecule has 0 bridgehead atoms. The molecule has 1 saturated heterocycles. The van der Waals surface area contributed by atoms with Gasteiger partial charge < -0.3 is 5.32 Å². The Morgan fingerprint density at radius 3 is 2.43 bits per heavy atom. The Balaban J connectivity index is 1.72. The van der Waals surface area contributed by atoms with Crippen molar-refractivity contribution in [3.8, 4) is 0 Å². The highest BCUT2D eigenvalue weighted by molar-refractivity contribution is 5.73. The van der Waals surface area contributed by atoms with E-state index in [0.717, 1.165) is 0 Å². The molecular weight excluding hydrogens is 176 g/mol. The van der Waals surface area contributed by atoms with E-state index in [0.29, 0.717) is 17.5 Å². The van der Waals surface area contributed by atoms with Crippen LogP contribution in [0.5, 0.6) is 0 Å². The fourth-order valence-corrected chi connectivity index (χ4v) is 2.81. The van der Waals surface area contributed by atoms with Gasteiger partial charge in [0.2, 0.25) is 5.91 Å². The van der Waals surface area contributed by atoms with Crippen LogP contribution in [0.4, 0.5) is 0 Å². The van der Waals surface area contributed by atoms with Gasteiger partial charge in [-0.15, -0.1) is 0 Å². The molecule has 1 heterocycles. The van der Waals surface area contributed by atoms with Gasteiger partial charge in [0.15, 0.2) is 0 Å². The van der Waals surface area contributed by atoms with Crippen molar-refractivity contribution in [1.29, 1.82) is 0 Å². The number of amides is 1. The summed E-state index contributed by atoms with van der Waals surface area (Å²) in [6.07, 6.45) is 2.38. The summed E-state index contributed by atoms with van der Waals surface area (Å²) < 4.78 is 0. The van der Waals surface area contributed by atoms with E-state index >= 15 is 0 Å². The molecule has 1 aliphatic heterocycles. The molecule has 3 nitrogen and oxygen atoms in total. The first kappa shape index (κ1) is 9.97. The normalized spacial score (nSPS) is 26.0. The van der Waals surface area contributed by atoms with Gasteiger partial charge >= 0.3 is 0 Å². The molecule has 1 saturated carbocycles. The lowest BCUT2D eigenvalue weighted by atomic mass is 9.60. The highest BCUT2D eigenvalue weighted by Gasteiger charge is 2.52. The molecule has 0 aromatic carbocycles. The van der Waals surface area contributed by atoms with Gasteiger partial charge in [0, 0.05) is 32.1 Å². The van der Waals surface area contributed by atoms with Gasteiger partial charge in [-0.25, -0.2) is 0 Å². The molecule has 1 aliphatic carbocycles. The summed E-state index contributed by atoms with van der Waals surface area (Å²) in [7, 11) is 0. The largest absolute Gasteiger partial charge is 0.354 e. The number of rotatable bonds is 2. The lowest BCUT2D eigenvalue weighted by Gasteiger charge is -2.60. The minimum Gasteiger partial charge on any atom is -0.354 e. The maximum atomic E-state index is 10.8. The van der Waals surface area contributed by atoms with Crippen LogP contribution >= 0.6 is 0 Å². The second kappa shape index (κ2) is 3.23. The second-order valence-electron chi connectivity index (χ2n) is 5.30. The predicted octanol–water partition coefficient (Wildman–Crippen LogP) is 0.995. The number of hydrogen-bond acceptors (Lipinski definition) is 2. The summed E-state index contributed by atoms with van der Waals surface area (Å²) in [6, 6.07) is 1.14. The average Bonchev–Trinajstić information content (AvgIpc) is 1.89. The van der Waals surface area contributed by atoms with E-state index in [9.17, 15) is 4.79 Å². The molecule has 1 amide bonds. The van der Waals surface area contributed by atoms with Gasteiger partial charge in [-0.2, -0.15) is 0 Å². The van der Waals surface area contributed by atoms with E-state index in [4.69, 9.17) is 0 Å². The first-order valence-corrected chi connectivity index (χ1v) is 5.52. The summed E-state index contributed by atoms with van der Waals surface area (Å²) in [5, 5.41) is 2.99. The Morgan fingerprint density at radius 1 is 1.43 bits per heavy atom. The van der Waals surface area contributed by atoms with Crippen molar-refractivity contribution in [2.24, 2.45) is 5.41 Å². The molecule has 14 heavy (non-hydrogen) atoms. The standard InChI is InChI=1S/C11H20N2O/c1-8(2)13-6-11(7-13)4-10(5-11)12-9(3)14/h8,10H,4-7H2,1-3H3,(H,12,14). The van der Waals surface area contributed by atoms with Crippen LogP contribution in [-0.2, 0) is 4.79 Å². The Morgan fingerprint density at radius 2 is 2.00 bits per heavy atom. The van der Waals surface area contributed by atoms with E-state index in [1.807, 2.05) is 0 Å². The quantitative estimate of drug-likeness (QED) is 0.714. The van der Waals surface area contributed by atoms with E-state index in [1.165, 1.54) is 25.9 Å². The maximum absolute atomic E-state index is 10.8. The molecular formula is C11H20N2O. The zero-order chi connectivity index (χ0) is 10.3. The van der Waals surface area contributed by atoms with Gasteiger partial charge in [-0.05, 0) is 32.1 Å². The molecule has 2 rings (SSSR count). The van der Waals surface area contributed by atoms with Crippen molar-refractivity contribution in [3.63, 3.8) is 0 Å². The van der Waals surface area contributed by atoms with E-state index in [-0.39, 0.29) is 5.91 Å². The fraction of sp³-hybridized carbons (Fsp3) is 0.909. The number of nitrogens with zero attached hydrogens (tertiary/aromatic N) is 1. The van der Waals surface area contributed by atoms with Gasteiger partial charge in [0.25, 0.3) is 0 Å². The van der Waals surface area contributed by atoms with E-state index in [1.54, 1.807) is 6.92 Å².